The molecule has 0 spiro atoms. The fraction of sp³-hybridized carbons (Fsp3) is 0.929. The molecule has 5 heteroatoms. The Morgan fingerprint density at radius 1 is 1.37 bits per heavy atom. The van der Waals surface area contributed by atoms with Crippen LogP contribution >= 0.6 is 0 Å². The number of amides is 1. The number of carbonyl (C=O) groups excluding carboxylic acids is 1. The third kappa shape index (κ3) is 5.47. The maximum Gasteiger partial charge on any atom is 0.248 e. The zero-order valence-corrected chi connectivity index (χ0v) is 12.4. The van der Waals surface area contributed by atoms with Gasteiger partial charge in [0, 0.05) is 39.1 Å². The quantitative estimate of drug-likeness (QED) is 0.727. The van der Waals surface area contributed by atoms with Crippen LogP contribution in [0.4, 0.5) is 0 Å². The van der Waals surface area contributed by atoms with E-state index >= 15 is 0 Å². The Morgan fingerprint density at radius 3 is 2.53 bits per heavy atom. The fourth-order valence-electron chi connectivity index (χ4n) is 2.17. The average molecular weight is 272 g/mol. The normalized spacial score (nSPS) is 20.3. The molecule has 0 bridgehead atoms. The molecule has 19 heavy (non-hydrogen) atoms. The van der Waals surface area contributed by atoms with E-state index in [0.717, 1.165) is 19.3 Å². The van der Waals surface area contributed by atoms with Crippen LogP contribution in [0.2, 0.25) is 0 Å². The van der Waals surface area contributed by atoms with Gasteiger partial charge in [0.1, 0.15) is 6.10 Å². The molecule has 0 aliphatic carbocycles. The van der Waals surface area contributed by atoms with Gasteiger partial charge < -0.3 is 20.5 Å². The van der Waals surface area contributed by atoms with Crippen molar-refractivity contribution in [1.29, 1.82) is 0 Å². The molecular weight excluding hydrogens is 244 g/mol. The zero-order valence-electron chi connectivity index (χ0n) is 12.4. The molecule has 1 saturated heterocycles. The number of rotatable bonds is 7. The van der Waals surface area contributed by atoms with Crippen LogP contribution in [0.3, 0.4) is 0 Å². The van der Waals surface area contributed by atoms with Crippen LogP contribution < -0.4 is 11.1 Å². The van der Waals surface area contributed by atoms with Crippen molar-refractivity contribution in [3.05, 3.63) is 0 Å². The number of carbonyl (C=O) groups is 1. The lowest BCUT2D eigenvalue weighted by molar-refractivity contribution is -0.158. The van der Waals surface area contributed by atoms with E-state index in [0.29, 0.717) is 32.2 Å². The van der Waals surface area contributed by atoms with Crippen LogP contribution in [0.1, 0.15) is 40.0 Å². The van der Waals surface area contributed by atoms with Crippen molar-refractivity contribution in [1.82, 2.24) is 5.32 Å². The molecule has 1 amide bonds. The van der Waals surface area contributed by atoms with Gasteiger partial charge in [-0.2, -0.15) is 0 Å². The van der Waals surface area contributed by atoms with E-state index in [-0.39, 0.29) is 5.91 Å². The summed E-state index contributed by atoms with van der Waals surface area (Å²) in [5.41, 5.74) is 5.42. The number of hydrogen-bond donors (Lipinski definition) is 2. The lowest BCUT2D eigenvalue weighted by atomic mass is 9.94. The van der Waals surface area contributed by atoms with Crippen molar-refractivity contribution in [2.45, 2.75) is 51.7 Å². The molecule has 0 aromatic carbocycles. The summed E-state index contributed by atoms with van der Waals surface area (Å²) in [5, 5.41) is 2.91. The van der Waals surface area contributed by atoms with Crippen LogP contribution in [0.5, 0.6) is 0 Å². The van der Waals surface area contributed by atoms with Gasteiger partial charge in [-0.15, -0.1) is 0 Å². The Bertz CT molecular complexity index is 276. The smallest absolute Gasteiger partial charge is 0.248 e. The third-order valence-corrected chi connectivity index (χ3v) is 3.59. The standard InChI is InChI=1S/C14H28N2O3/c1-11(2)4-7-16-13(17)12(3)19-14(10-15)5-8-18-9-6-14/h11-12H,4-10,15H2,1-3H3,(H,16,17). The maximum atomic E-state index is 11.9. The molecule has 0 saturated carbocycles. The van der Waals surface area contributed by atoms with Gasteiger partial charge >= 0.3 is 0 Å². The molecule has 112 valence electrons. The van der Waals surface area contributed by atoms with Crippen molar-refractivity contribution >= 4 is 5.91 Å². The van der Waals surface area contributed by atoms with Crippen molar-refractivity contribution < 1.29 is 14.3 Å². The first-order valence-corrected chi connectivity index (χ1v) is 7.22. The second-order valence-corrected chi connectivity index (χ2v) is 5.73. The summed E-state index contributed by atoms with van der Waals surface area (Å²) in [6, 6.07) is 0. The van der Waals surface area contributed by atoms with Gasteiger partial charge in [0.15, 0.2) is 0 Å². The molecule has 0 aromatic rings. The molecule has 5 nitrogen and oxygen atoms in total. The van der Waals surface area contributed by atoms with Crippen LogP contribution in [0.15, 0.2) is 0 Å². The summed E-state index contributed by atoms with van der Waals surface area (Å²) in [6.07, 6.45) is 2.03. The van der Waals surface area contributed by atoms with E-state index in [1.807, 2.05) is 0 Å². The molecule has 1 unspecified atom stereocenters. The molecule has 1 fully saturated rings. The Morgan fingerprint density at radius 2 is 2.00 bits per heavy atom. The van der Waals surface area contributed by atoms with Gasteiger partial charge in [-0.3, -0.25) is 4.79 Å². The average Bonchev–Trinajstić information content (AvgIpc) is 2.39. The van der Waals surface area contributed by atoms with Crippen molar-refractivity contribution in [2.24, 2.45) is 11.7 Å². The lowest BCUT2D eigenvalue weighted by Gasteiger charge is -2.37. The summed E-state index contributed by atoms with van der Waals surface area (Å²) in [7, 11) is 0. The first-order valence-electron chi connectivity index (χ1n) is 7.22. The van der Waals surface area contributed by atoms with E-state index in [4.69, 9.17) is 15.2 Å². The molecule has 0 aromatic heterocycles. The summed E-state index contributed by atoms with van der Waals surface area (Å²) in [4.78, 5) is 11.9. The fourth-order valence-corrected chi connectivity index (χ4v) is 2.17. The minimum Gasteiger partial charge on any atom is -0.381 e. The molecule has 1 aliphatic rings. The van der Waals surface area contributed by atoms with E-state index < -0.39 is 11.7 Å². The first kappa shape index (κ1) is 16.4. The Kier molecular flexibility index (Phi) is 6.75. The van der Waals surface area contributed by atoms with E-state index in [1.54, 1.807) is 6.92 Å². The molecule has 1 heterocycles. The van der Waals surface area contributed by atoms with Gasteiger partial charge in [-0.25, -0.2) is 0 Å². The monoisotopic (exact) mass is 272 g/mol. The summed E-state index contributed by atoms with van der Waals surface area (Å²) >= 11 is 0. The topological polar surface area (TPSA) is 73.6 Å². The number of ether oxygens (including phenoxy) is 2. The van der Waals surface area contributed by atoms with Gasteiger partial charge in [-0.1, -0.05) is 13.8 Å². The Labute approximate surface area is 116 Å². The predicted molar refractivity (Wildman–Crippen MR) is 74.9 cm³/mol. The second kappa shape index (κ2) is 7.82. The molecule has 0 radical (unpaired) electrons. The first-order chi connectivity index (χ1) is 8.99. The number of nitrogens with one attached hydrogen (secondary N) is 1. The summed E-state index contributed by atoms with van der Waals surface area (Å²) < 4.78 is 11.3. The second-order valence-electron chi connectivity index (χ2n) is 5.73. The van der Waals surface area contributed by atoms with Gasteiger partial charge in [0.2, 0.25) is 5.91 Å². The van der Waals surface area contributed by atoms with Gasteiger partial charge in [0.25, 0.3) is 0 Å². The minimum atomic E-state index is -0.464. The lowest BCUT2D eigenvalue weighted by Crippen LogP contribution is -2.50. The van der Waals surface area contributed by atoms with Crippen LogP contribution in [-0.2, 0) is 14.3 Å². The molecule has 1 atom stereocenters. The molecule has 1 aliphatic heterocycles. The maximum absolute atomic E-state index is 11.9. The van der Waals surface area contributed by atoms with Crippen LogP contribution in [0, 0.1) is 5.92 Å². The van der Waals surface area contributed by atoms with Crippen LogP contribution in [0.25, 0.3) is 0 Å². The predicted octanol–water partition coefficient (Wildman–Crippen LogP) is 1.06. The van der Waals surface area contributed by atoms with Crippen molar-refractivity contribution in [3.8, 4) is 0 Å². The third-order valence-electron chi connectivity index (χ3n) is 3.59. The Hall–Kier alpha value is -0.650. The van der Waals surface area contributed by atoms with Crippen LogP contribution in [-0.4, -0.2) is 43.9 Å². The highest BCUT2D eigenvalue weighted by Gasteiger charge is 2.35. The number of hydrogen-bond acceptors (Lipinski definition) is 4. The van der Waals surface area contributed by atoms with Crippen molar-refractivity contribution in [3.63, 3.8) is 0 Å². The molecule has 1 rings (SSSR count). The van der Waals surface area contributed by atoms with E-state index in [9.17, 15) is 4.79 Å². The highest BCUT2D eigenvalue weighted by molar-refractivity contribution is 5.80. The highest BCUT2D eigenvalue weighted by atomic mass is 16.5. The highest BCUT2D eigenvalue weighted by Crippen LogP contribution is 2.25. The number of nitrogens with two attached hydrogens (primary N) is 1. The SMILES string of the molecule is CC(C)CCNC(=O)C(C)OC1(CN)CCOCC1. The molecular formula is C14H28N2O3. The summed E-state index contributed by atoms with van der Waals surface area (Å²) in [5.74, 6) is 0.530. The van der Waals surface area contributed by atoms with Gasteiger partial charge in [0.05, 0.1) is 5.60 Å². The van der Waals surface area contributed by atoms with E-state index in [2.05, 4.69) is 19.2 Å². The van der Waals surface area contributed by atoms with E-state index in [1.165, 1.54) is 0 Å². The molecule has 3 N–H and O–H groups in total. The summed E-state index contributed by atoms with van der Waals surface area (Å²) in [6.45, 7) is 8.49. The van der Waals surface area contributed by atoms with Gasteiger partial charge in [-0.05, 0) is 19.3 Å². The zero-order chi connectivity index (χ0) is 14.3. The van der Waals surface area contributed by atoms with Crippen molar-refractivity contribution in [2.75, 3.05) is 26.3 Å². The Balaban J connectivity index is 2.38. The largest absolute Gasteiger partial charge is 0.381 e. The minimum absolute atomic E-state index is 0.0556.